The Balaban J connectivity index is 1.78. The van der Waals surface area contributed by atoms with Crippen LogP contribution in [0, 0.1) is 0 Å². The first-order valence-electron chi connectivity index (χ1n) is 7.69. The average molecular weight is 383 g/mol. The lowest BCUT2D eigenvalue weighted by atomic mass is 10.3. The number of methoxy groups -OCH3 is 1. The molecule has 2 aromatic carbocycles. The minimum atomic E-state index is -0.177. The summed E-state index contributed by atoms with van der Waals surface area (Å²) in [4.78, 5) is 14.0. The normalized spacial score (nSPS) is 10.6. The topological polar surface area (TPSA) is 50.8 Å². The first-order valence-corrected chi connectivity index (χ1v) is 8.44. The molecule has 0 aliphatic rings. The summed E-state index contributed by atoms with van der Waals surface area (Å²) in [6.45, 7) is 1.22. The van der Waals surface area contributed by atoms with Crippen molar-refractivity contribution >= 4 is 34.8 Å². The van der Waals surface area contributed by atoms with Gasteiger partial charge in [-0.2, -0.15) is 0 Å². The van der Waals surface area contributed by atoms with Gasteiger partial charge in [0.15, 0.2) is 11.5 Å². The second kappa shape index (κ2) is 9.51. The van der Waals surface area contributed by atoms with Crippen molar-refractivity contribution in [1.82, 2.24) is 4.90 Å². The number of carbonyl (C=O) groups is 1. The third kappa shape index (κ3) is 6.12. The third-order valence-corrected chi connectivity index (χ3v) is 3.98. The number of hydrogen-bond donors (Lipinski definition) is 1. The van der Waals surface area contributed by atoms with Gasteiger partial charge in [0.25, 0.3) is 0 Å². The Morgan fingerprint density at radius 3 is 2.60 bits per heavy atom. The molecular weight excluding hydrogens is 363 g/mol. The summed E-state index contributed by atoms with van der Waals surface area (Å²) < 4.78 is 10.9. The molecule has 2 rings (SSSR count). The highest BCUT2D eigenvalue weighted by molar-refractivity contribution is 6.35. The predicted octanol–water partition coefficient (Wildman–Crippen LogP) is 3.95. The van der Waals surface area contributed by atoms with Gasteiger partial charge in [-0.1, -0.05) is 35.3 Å². The minimum absolute atomic E-state index is 0.177. The maximum Gasteiger partial charge on any atom is 0.238 e. The van der Waals surface area contributed by atoms with Crippen LogP contribution in [0.4, 0.5) is 5.69 Å². The minimum Gasteiger partial charge on any atom is -0.493 e. The van der Waals surface area contributed by atoms with Crippen molar-refractivity contribution in [2.24, 2.45) is 0 Å². The lowest BCUT2D eigenvalue weighted by Crippen LogP contribution is -2.33. The fraction of sp³-hybridized carbons (Fsp3) is 0.278. The molecule has 0 heterocycles. The van der Waals surface area contributed by atoms with Gasteiger partial charge in [-0.15, -0.1) is 0 Å². The molecule has 1 amide bonds. The number of benzene rings is 2. The Kier molecular flexibility index (Phi) is 7.37. The standard InChI is InChI=1S/C18H20Cl2N2O3/c1-22(9-10-25-17-6-4-3-5-16(17)24-2)12-18(23)21-15-11-13(19)7-8-14(15)20/h3-8,11H,9-10,12H2,1-2H3,(H,21,23). The Morgan fingerprint density at radius 1 is 1.16 bits per heavy atom. The fourth-order valence-corrected chi connectivity index (χ4v) is 2.49. The van der Waals surface area contributed by atoms with E-state index < -0.39 is 0 Å². The Hall–Kier alpha value is -1.95. The molecule has 0 aliphatic carbocycles. The lowest BCUT2D eigenvalue weighted by molar-refractivity contribution is -0.117. The molecule has 0 unspecified atom stereocenters. The second-order valence-electron chi connectivity index (χ2n) is 5.41. The number of ether oxygens (including phenoxy) is 2. The maximum absolute atomic E-state index is 12.1. The number of halogens is 2. The summed E-state index contributed by atoms with van der Waals surface area (Å²) in [5, 5.41) is 3.71. The molecule has 0 spiro atoms. The van der Waals surface area contributed by atoms with Crippen molar-refractivity contribution < 1.29 is 14.3 Å². The highest BCUT2D eigenvalue weighted by Gasteiger charge is 2.10. The largest absolute Gasteiger partial charge is 0.493 e. The van der Waals surface area contributed by atoms with Crippen LogP contribution in [0.3, 0.4) is 0 Å². The van der Waals surface area contributed by atoms with Gasteiger partial charge >= 0.3 is 0 Å². The zero-order chi connectivity index (χ0) is 18.2. The van der Waals surface area contributed by atoms with E-state index in [-0.39, 0.29) is 12.5 Å². The lowest BCUT2D eigenvalue weighted by Gasteiger charge is -2.17. The smallest absolute Gasteiger partial charge is 0.238 e. The molecular formula is C18H20Cl2N2O3. The van der Waals surface area contributed by atoms with Gasteiger partial charge in [0.1, 0.15) is 6.61 Å². The van der Waals surface area contributed by atoms with Crippen LogP contribution in [0.1, 0.15) is 0 Å². The van der Waals surface area contributed by atoms with Crippen molar-refractivity contribution in [3.63, 3.8) is 0 Å². The SMILES string of the molecule is COc1ccccc1OCCN(C)CC(=O)Nc1cc(Cl)ccc1Cl. The monoisotopic (exact) mass is 382 g/mol. The van der Waals surface area contributed by atoms with E-state index >= 15 is 0 Å². The zero-order valence-corrected chi connectivity index (χ0v) is 15.6. The van der Waals surface area contributed by atoms with Crippen LogP contribution >= 0.6 is 23.2 Å². The van der Waals surface area contributed by atoms with Crippen molar-refractivity contribution in [3.8, 4) is 11.5 Å². The van der Waals surface area contributed by atoms with Crippen LogP contribution in [0.15, 0.2) is 42.5 Å². The van der Waals surface area contributed by atoms with Crippen molar-refractivity contribution in [2.75, 3.05) is 39.2 Å². The Labute approximate surface area is 157 Å². The number of carbonyl (C=O) groups excluding carboxylic acids is 1. The first kappa shape index (κ1) is 19.4. The van der Waals surface area contributed by atoms with Gasteiger partial charge < -0.3 is 14.8 Å². The number of nitrogens with one attached hydrogen (secondary N) is 1. The third-order valence-electron chi connectivity index (χ3n) is 3.42. The molecule has 0 aliphatic heterocycles. The summed E-state index contributed by atoms with van der Waals surface area (Å²) in [6, 6.07) is 12.4. The summed E-state index contributed by atoms with van der Waals surface area (Å²) in [7, 11) is 3.43. The van der Waals surface area contributed by atoms with E-state index in [1.165, 1.54) is 0 Å². The molecule has 0 atom stereocenters. The van der Waals surface area contributed by atoms with Crippen LogP contribution in [-0.4, -0.2) is 44.7 Å². The van der Waals surface area contributed by atoms with Crippen LogP contribution in [-0.2, 0) is 4.79 Å². The van der Waals surface area contributed by atoms with Crippen molar-refractivity contribution in [3.05, 3.63) is 52.5 Å². The second-order valence-corrected chi connectivity index (χ2v) is 6.25. The number of para-hydroxylation sites is 2. The average Bonchev–Trinajstić information content (AvgIpc) is 2.58. The molecule has 7 heteroatoms. The predicted molar refractivity (Wildman–Crippen MR) is 101 cm³/mol. The number of nitrogens with zero attached hydrogens (tertiary/aromatic N) is 1. The van der Waals surface area contributed by atoms with Gasteiger partial charge in [0.05, 0.1) is 24.4 Å². The summed E-state index contributed by atoms with van der Waals surface area (Å²) in [5.74, 6) is 1.18. The highest BCUT2D eigenvalue weighted by Crippen LogP contribution is 2.26. The molecule has 0 saturated carbocycles. The van der Waals surface area contributed by atoms with E-state index in [9.17, 15) is 4.79 Å². The van der Waals surface area contributed by atoms with E-state index in [0.29, 0.717) is 40.4 Å². The van der Waals surface area contributed by atoms with E-state index in [1.807, 2.05) is 36.2 Å². The Morgan fingerprint density at radius 2 is 1.88 bits per heavy atom. The summed E-state index contributed by atoms with van der Waals surface area (Å²) in [5.41, 5.74) is 0.498. The number of amides is 1. The summed E-state index contributed by atoms with van der Waals surface area (Å²) >= 11 is 11.9. The molecule has 1 N–H and O–H groups in total. The van der Waals surface area contributed by atoms with Gasteiger partial charge in [0, 0.05) is 11.6 Å². The molecule has 0 fully saturated rings. The molecule has 0 bridgehead atoms. The van der Waals surface area contributed by atoms with Crippen LogP contribution in [0.25, 0.3) is 0 Å². The van der Waals surface area contributed by atoms with Gasteiger partial charge in [-0.25, -0.2) is 0 Å². The highest BCUT2D eigenvalue weighted by atomic mass is 35.5. The van der Waals surface area contributed by atoms with Crippen molar-refractivity contribution in [1.29, 1.82) is 0 Å². The number of likely N-dealkylation sites (N-methyl/N-ethyl adjacent to an activating group) is 1. The fourth-order valence-electron chi connectivity index (χ4n) is 2.16. The summed E-state index contributed by atoms with van der Waals surface area (Å²) in [6.07, 6.45) is 0. The quantitative estimate of drug-likeness (QED) is 0.750. The maximum atomic E-state index is 12.1. The van der Waals surface area contributed by atoms with Crippen LogP contribution < -0.4 is 14.8 Å². The van der Waals surface area contributed by atoms with Gasteiger partial charge in [0.2, 0.25) is 5.91 Å². The number of hydrogen-bond acceptors (Lipinski definition) is 4. The zero-order valence-electron chi connectivity index (χ0n) is 14.1. The molecule has 134 valence electrons. The van der Waals surface area contributed by atoms with E-state index in [1.54, 1.807) is 25.3 Å². The molecule has 0 radical (unpaired) electrons. The molecule has 0 aromatic heterocycles. The molecule has 5 nitrogen and oxygen atoms in total. The van der Waals surface area contributed by atoms with Gasteiger partial charge in [-0.3, -0.25) is 9.69 Å². The van der Waals surface area contributed by atoms with E-state index in [4.69, 9.17) is 32.7 Å². The molecule has 0 saturated heterocycles. The molecule has 25 heavy (non-hydrogen) atoms. The van der Waals surface area contributed by atoms with Crippen LogP contribution in [0.5, 0.6) is 11.5 Å². The van der Waals surface area contributed by atoms with Crippen LogP contribution in [0.2, 0.25) is 10.0 Å². The number of rotatable bonds is 8. The molecule has 2 aromatic rings. The number of anilines is 1. The van der Waals surface area contributed by atoms with Crippen molar-refractivity contribution in [2.45, 2.75) is 0 Å². The first-order chi connectivity index (χ1) is 12.0. The van der Waals surface area contributed by atoms with Gasteiger partial charge in [-0.05, 0) is 37.4 Å². The van der Waals surface area contributed by atoms with E-state index in [0.717, 1.165) is 0 Å². The van der Waals surface area contributed by atoms with E-state index in [2.05, 4.69) is 5.32 Å². The Bertz CT molecular complexity index is 725.